The van der Waals surface area contributed by atoms with Gasteiger partial charge >= 0.3 is 0 Å². The predicted octanol–water partition coefficient (Wildman–Crippen LogP) is 2.30. The third-order valence-electron chi connectivity index (χ3n) is 2.19. The van der Waals surface area contributed by atoms with Crippen molar-refractivity contribution in [3.8, 4) is 0 Å². The molecule has 0 fully saturated rings. The Kier molecular flexibility index (Phi) is 1.89. The molecule has 0 radical (unpaired) electrons. The van der Waals surface area contributed by atoms with Crippen molar-refractivity contribution < 1.29 is 0 Å². The lowest BCUT2D eigenvalue weighted by atomic mass is 10.1. The van der Waals surface area contributed by atoms with Gasteiger partial charge in [-0.25, -0.2) is 0 Å². The molecule has 2 nitrogen and oxygen atoms in total. The molecule has 0 spiro atoms. The van der Waals surface area contributed by atoms with Crippen LogP contribution < -0.4 is 0 Å². The molecule has 0 atom stereocenters. The molecule has 1 heterocycles. The lowest BCUT2D eigenvalue weighted by Crippen LogP contribution is -1.88. The SMILES string of the molecule is C=CCc1ccc2c(cnn2C)c1. The van der Waals surface area contributed by atoms with Crippen molar-refractivity contribution in [3.63, 3.8) is 0 Å². The Morgan fingerprint density at radius 2 is 2.38 bits per heavy atom. The molecule has 0 N–H and O–H groups in total. The van der Waals surface area contributed by atoms with E-state index in [1.807, 2.05) is 24.0 Å². The molecule has 66 valence electrons. The molecular weight excluding hydrogens is 160 g/mol. The molecule has 0 aliphatic carbocycles. The normalized spacial score (nSPS) is 10.5. The lowest BCUT2D eigenvalue weighted by molar-refractivity contribution is 0.797. The molecule has 2 aromatic rings. The molecule has 2 heteroatoms. The summed E-state index contributed by atoms with van der Waals surface area (Å²) in [5, 5.41) is 5.38. The molecule has 0 aliphatic rings. The monoisotopic (exact) mass is 172 g/mol. The van der Waals surface area contributed by atoms with Crippen LogP contribution in [0.1, 0.15) is 5.56 Å². The maximum Gasteiger partial charge on any atom is 0.0679 e. The standard InChI is InChI=1S/C11H12N2/c1-3-4-9-5-6-11-10(7-9)8-12-13(11)2/h3,5-8H,1,4H2,2H3. The zero-order valence-corrected chi connectivity index (χ0v) is 7.70. The van der Waals surface area contributed by atoms with Crippen molar-refractivity contribution in [1.29, 1.82) is 0 Å². The highest BCUT2D eigenvalue weighted by molar-refractivity contribution is 5.79. The molecule has 0 aliphatic heterocycles. The topological polar surface area (TPSA) is 17.8 Å². The predicted molar refractivity (Wildman–Crippen MR) is 54.6 cm³/mol. The minimum Gasteiger partial charge on any atom is -0.268 e. The third-order valence-corrected chi connectivity index (χ3v) is 2.19. The summed E-state index contributed by atoms with van der Waals surface area (Å²) in [6, 6.07) is 6.37. The van der Waals surface area contributed by atoms with E-state index >= 15 is 0 Å². The zero-order chi connectivity index (χ0) is 9.26. The van der Waals surface area contributed by atoms with Crippen LogP contribution in [0.5, 0.6) is 0 Å². The first kappa shape index (κ1) is 8.05. The van der Waals surface area contributed by atoms with Crippen LogP contribution in [0.15, 0.2) is 37.1 Å². The number of fused-ring (bicyclic) bond motifs is 1. The van der Waals surface area contributed by atoms with Gasteiger partial charge in [0.25, 0.3) is 0 Å². The van der Waals surface area contributed by atoms with Gasteiger partial charge in [0.1, 0.15) is 0 Å². The number of allylic oxidation sites excluding steroid dienone is 1. The second kappa shape index (κ2) is 3.05. The van der Waals surface area contributed by atoms with Crippen molar-refractivity contribution in [3.05, 3.63) is 42.6 Å². The Hall–Kier alpha value is -1.57. The fourth-order valence-corrected chi connectivity index (χ4v) is 1.51. The first-order chi connectivity index (χ1) is 6.31. The second-order valence-electron chi connectivity index (χ2n) is 3.15. The van der Waals surface area contributed by atoms with Gasteiger partial charge in [0.15, 0.2) is 0 Å². The smallest absolute Gasteiger partial charge is 0.0679 e. The Labute approximate surface area is 77.5 Å². The van der Waals surface area contributed by atoms with Gasteiger partial charge in [-0.05, 0) is 24.1 Å². The summed E-state index contributed by atoms with van der Waals surface area (Å²) in [5.41, 5.74) is 2.46. The Morgan fingerprint density at radius 3 is 3.15 bits per heavy atom. The molecule has 1 aromatic carbocycles. The van der Waals surface area contributed by atoms with Crippen molar-refractivity contribution in [1.82, 2.24) is 9.78 Å². The summed E-state index contributed by atoms with van der Waals surface area (Å²) in [6.45, 7) is 3.72. The Bertz CT molecular complexity index is 440. The van der Waals surface area contributed by atoms with E-state index in [0.29, 0.717) is 0 Å². The molecule has 13 heavy (non-hydrogen) atoms. The van der Waals surface area contributed by atoms with E-state index in [-0.39, 0.29) is 0 Å². The molecule has 0 bridgehead atoms. The van der Waals surface area contributed by atoms with Gasteiger partial charge in [-0.15, -0.1) is 6.58 Å². The van der Waals surface area contributed by atoms with Crippen LogP contribution in [0.2, 0.25) is 0 Å². The van der Waals surface area contributed by atoms with Crippen molar-refractivity contribution in [2.45, 2.75) is 6.42 Å². The highest BCUT2D eigenvalue weighted by Crippen LogP contribution is 2.15. The van der Waals surface area contributed by atoms with Gasteiger partial charge in [0.05, 0.1) is 11.7 Å². The summed E-state index contributed by atoms with van der Waals surface area (Å²) in [5.74, 6) is 0. The number of hydrogen-bond donors (Lipinski definition) is 0. The van der Waals surface area contributed by atoms with Gasteiger partial charge in [-0.1, -0.05) is 12.1 Å². The largest absolute Gasteiger partial charge is 0.268 e. The van der Waals surface area contributed by atoms with Crippen molar-refractivity contribution in [2.24, 2.45) is 7.05 Å². The second-order valence-corrected chi connectivity index (χ2v) is 3.15. The molecule has 0 saturated carbocycles. The van der Waals surface area contributed by atoms with Gasteiger partial charge in [0, 0.05) is 12.4 Å². The van der Waals surface area contributed by atoms with Crippen LogP contribution in [0.3, 0.4) is 0 Å². The average Bonchev–Trinajstić information content (AvgIpc) is 2.48. The first-order valence-corrected chi connectivity index (χ1v) is 4.33. The van der Waals surface area contributed by atoms with Crippen LogP contribution in [-0.2, 0) is 13.5 Å². The maximum atomic E-state index is 4.19. The molecule has 2 rings (SSSR count). The van der Waals surface area contributed by atoms with E-state index in [4.69, 9.17) is 0 Å². The first-order valence-electron chi connectivity index (χ1n) is 4.33. The number of aromatic nitrogens is 2. The van der Waals surface area contributed by atoms with E-state index in [2.05, 4.69) is 29.9 Å². The fourth-order valence-electron chi connectivity index (χ4n) is 1.51. The van der Waals surface area contributed by atoms with Crippen LogP contribution in [0.4, 0.5) is 0 Å². The van der Waals surface area contributed by atoms with Crippen molar-refractivity contribution >= 4 is 10.9 Å². The van der Waals surface area contributed by atoms with Gasteiger partial charge in [0.2, 0.25) is 0 Å². The van der Waals surface area contributed by atoms with E-state index < -0.39 is 0 Å². The number of benzene rings is 1. The van der Waals surface area contributed by atoms with Crippen LogP contribution in [-0.4, -0.2) is 9.78 Å². The number of hydrogen-bond acceptors (Lipinski definition) is 1. The maximum absolute atomic E-state index is 4.19. The van der Waals surface area contributed by atoms with Gasteiger partial charge in [-0.2, -0.15) is 5.10 Å². The molecule has 0 amide bonds. The van der Waals surface area contributed by atoms with Crippen LogP contribution >= 0.6 is 0 Å². The van der Waals surface area contributed by atoms with E-state index in [0.717, 1.165) is 6.42 Å². The summed E-state index contributed by atoms with van der Waals surface area (Å²) in [7, 11) is 1.95. The number of rotatable bonds is 2. The minimum atomic E-state index is 0.921. The highest BCUT2D eigenvalue weighted by Gasteiger charge is 1.98. The number of aryl methyl sites for hydroxylation is 1. The highest BCUT2D eigenvalue weighted by atomic mass is 15.2. The minimum absolute atomic E-state index is 0.921. The number of nitrogens with zero attached hydrogens (tertiary/aromatic N) is 2. The molecule has 1 aromatic heterocycles. The van der Waals surface area contributed by atoms with E-state index in [9.17, 15) is 0 Å². The van der Waals surface area contributed by atoms with Gasteiger partial charge in [-0.3, -0.25) is 4.68 Å². The van der Waals surface area contributed by atoms with E-state index in [1.165, 1.54) is 16.5 Å². The molecule has 0 unspecified atom stereocenters. The van der Waals surface area contributed by atoms with Crippen LogP contribution in [0, 0.1) is 0 Å². The van der Waals surface area contributed by atoms with Crippen molar-refractivity contribution in [2.75, 3.05) is 0 Å². The quantitative estimate of drug-likeness (QED) is 0.635. The Balaban J connectivity index is 2.56. The molecule has 0 saturated heterocycles. The summed E-state index contributed by atoms with van der Waals surface area (Å²) in [4.78, 5) is 0. The lowest BCUT2D eigenvalue weighted by Gasteiger charge is -1.97. The summed E-state index contributed by atoms with van der Waals surface area (Å²) < 4.78 is 1.88. The summed E-state index contributed by atoms with van der Waals surface area (Å²) >= 11 is 0. The zero-order valence-electron chi connectivity index (χ0n) is 7.70. The molecular formula is C11H12N2. The van der Waals surface area contributed by atoms with Crippen LogP contribution in [0.25, 0.3) is 10.9 Å². The average molecular weight is 172 g/mol. The third kappa shape index (κ3) is 1.35. The Morgan fingerprint density at radius 1 is 1.54 bits per heavy atom. The van der Waals surface area contributed by atoms with Gasteiger partial charge < -0.3 is 0 Å². The fraction of sp³-hybridized carbons (Fsp3) is 0.182. The van der Waals surface area contributed by atoms with E-state index in [1.54, 1.807) is 0 Å². The summed E-state index contributed by atoms with van der Waals surface area (Å²) in [6.07, 6.45) is 4.73.